The van der Waals surface area contributed by atoms with Gasteiger partial charge in [-0.05, 0) is 86.7 Å². The number of aromatic nitrogens is 1. The summed E-state index contributed by atoms with van der Waals surface area (Å²) in [4.78, 5) is 20.4. The smallest absolute Gasteiger partial charge is 0.253 e. The molecule has 2 fully saturated rings. The summed E-state index contributed by atoms with van der Waals surface area (Å²) in [5, 5.41) is 11.9. The summed E-state index contributed by atoms with van der Waals surface area (Å²) in [6.45, 7) is 11.8. The first kappa shape index (κ1) is 27.9. The van der Waals surface area contributed by atoms with E-state index in [2.05, 4.69) is 9.88 Å². The third-order valence-electron chi connectivity index (χ3n) is 9.15. The Labute approximate surface area is 235 Å². The molecule has 208 valence electrons. The summed E-state index contributed by atoms with van der Waals surface area (Å²) < 4.78 is 30.0. The number of aromatic hydroxyl groups is 1. The number of halogens is 1. The highest BCUT2D eigenvalue weighted by molar-refractivity contribution is 7.95. The molecule has 2 atom stereocenters. The van der Waals surface area contributed by atoms with E-state index in [1.54, 1.807) is 42.5 Å². The first-order chi connectivity index (χ1) is 18.4. The molecule has 0 spiro atoms. The molecule has 2 aliphatic rings. The van der Waals surface area contributed by atoms with Crippen molar-refractivity contribution in [3.05, 3.63) is 58.7 Å². The van der Waals surface area contributed by atoms with E-state index in [1.807, 2.05) is 34.6 Å². The van der Waals surface area contributed by atoms with Crippen molar-refractivity contribution in [3.63, 3.8) is 0 Å². The molecule has 1 aromatic heterocycles. The maximum atomic E-state index is 15.1. The monoisotopic (exact) mass is 569 g/mol. The lowest BCUT2D eigenvalue weighted by Crippen LogP contribution is -2.55. The Morgan fingerprint density at radius 2 is 1.82 bits per heavy atom. The van der Waals surface area contributed by atoms with E-state index in [1.165, 1.54) is 4.31 Å². The van der Waals surface area contributed by atoms with Gasteiger partial charge in [0.15, 0.2) is 10.5 Å². The lowest BCUT2D eigenvalue weighted by Gasteiger charge is -2.40. The maximum absolute atomic E-state index is 15.1. The third kappa shape index (κ3) is 4.14. The molecule has 0 saturated heterocycles. The van der Waals surface area contributed by atoms with Gasteiger partial charge in [-0.25, -0.2) is 12.7 Å². The lowest BCUT2D eigenvalue weighted by molar-refractivity contribution is -0.121. The normalized spacial score (nSPS) is 22.2. The van der Waals surface area contributed by atoms with Crippen LogP contribution in [0.4, 0.5) is 11.4 Å². The number of Topliss-reactive ketones (excluding diaryl/α,β-unsaturated/α-hetero) is 1. The largest absolute Gasteiger partial charge is 0.508 e. The van der Waals surface area contributed by atoms with Crippen molar-refractivity contribution in [2.75, 3.05) is 17.4 Å². The number of benzene rings is 2. The summed E-state index contributed by atoms with van der Waals surface area (Å²) in [7, 11) is -4.29. The summed E-state index contributed by atoms with van der Waals surface area (Å²) in [6.07, 6.45) is 1.26. The van der Waals surface area contributed by atoms with E-state index < -0.39 is 20.2 Å². The van der Waals surface area contributed by atoms with Gasteiger partial charge >= 0.3 is 0 Å². The zero-order valence-electron chi connectivity index (χ0n) is 23.2. The van der Waals surface area contributed by atoms with E-state index in [-0.39, 0.29) is 23.9 Å². The van der Waals surface area contributed by atoms with Crippen molar-refractivity contribution >= 4 is 49.7 Å². The molecule has 0 aliphatic heterocycles. The first-order valence-electron chi connectivity index (χ1n) is 13.6. The van der Waals surface area contributed by atoms with Crippen LogP contribution in [0.15, 0.2) is 42.5 Å². The van der Waals surface area contributed by atoms with Crippen LogP contribution < -0.4 is 4.31 Å². The summed E-state index contributed by atoms with van der Waals surface area (Å²) in [5.74, 6) is -0.0923. The van der Waals surface area contributed by atoms with Gasteiger partial charge < -0.3 is 5.11 Å². The minimum Gasteiger partial charge on any atom is -0.508 e. The lowest BCUT2D eigenvalue weighted by atomic mass is 9.81. The standard InChI is InChI=1S/C30H36ClN3O4S/c1-6-33(7-2)18-20-15-23(9-11-27(20)35)34(26-14-19(3)32-25-17-22(31)8-10-24(25)26)39(37,38)30-13-12-21(16-28(30)36)29(30,4)5/h8-11,14-15,17,21,35H,6-7,12-13,16,18H2,1-5H3/t21?,30-/m0/s1. The second-order valence-electron chi connectivity index (χ2n) is 11.4. The van der Waals surface area contributed by atoms with Crippen LogP contribution in [0.1, 0.15) is 58.2 Å². The fourth-order valence-corrected chi connectivity index (χ4v) is 9.65. The molecular formula is C30H36ClN3O4S. The van der Waals surface area contributed by atoms with Crippen molar-refractivity contribution in [2.45, 2.75) is 65.2 Å². The average Bonchev–Trinajstić information content (AvgIpc) is 3.25. The Morgan fingerprint density at radius 1 is 1.10 bits per heavy atom. The molecule has 7 nitrogen and oxygen atoms in total. The number of phenols is 1. The van der Waals surface area contributed by atoms with Crippen molar-refractivity contribution in [3.8, 4) is 5.75 Å². The van der Waals surface area contributed by atoms with Gasteiger partial charge in [0.25, 0.3) is 10.0 Å². The fourth-order valence-electron chi connectivity index (χ4n) is 6.80. The number of carbonyl (C=O) groups excluding carboxylic acids is 1. The van der Waals surface area contributed by atoms with Crippen LogP contribution >= 0.6 is 11.6 Å². The van der Waals surface area contributed by atoms with E-state index in [9.17, 15) is 9.90 Å². The molecule has 2 aromatic carbocycles. The minimum absolute atomic E-state index is 0.0226. The number of sulfonamides is 1. The van der Waals surface area contributed by atoms with Crippen LogP contribution in [0.5, 0.6) is 5.75 Å². The second-order valence-corrected chi connectivity index (χ2v) is 13.8. The Morgan fingerprint density at radius 3 is 2.44 bits per heavy atom. The van der Waals surface area contributed by atoms with Gasteiger partial charge in [0.2, 0.25) is 0 Å². The van der Waals surface area contributed by atoms with Crippen molar-refractivity contribution in [2.24, 2.45) is 11.3 Å². The van der Waals surface area contributed by atoms with Gasteiger partial charge in [-0.3, -0.25) is 14.7 Å². The van der Waals surface area contributed by atoms with Crippen molar-refractivity contribution in [1.29, 1.82) is 0 Å². The van der Waals surface area contributed by atoms with Gasteiger partial charge in [0.05, 0.1) is 16.9 Å². The zero-order chi connectivity index (χ0) is 28.3. The molecular weight excluding hydrogens is 534 g/mol. The third-order valence-corrected chi connectivity index (χ3v) is 12.1. The van der Waals surface area contributed by atoms with Gasteiger partial charge in [0, 0.05) is 34.6 Å². The van der Waals surface area contributed by atoms with Gasteiger partial charge in [-0.15, -0.1) is 0 Å². The number of hydrogen-bond acceptors (Lipinski definition) is 6. The number of fused-ring (bicyclic) bond motifs is 3. The van der Waals surface area contributed by atoms with Gasteiger partial charge in [-0.1, -0.05) is 39.3 Å². The molecule has 9 heteroatoms. The van der Waals surface area contributed by atoms with Gasteiger partial charge in [0.1, 0.15) is 5.75 Å². The van der Waals surface area contributed by atoms with Crippen molar-refractivity contribution < 1.29 is 18.3 Å². The maximum Gasteiger partial charge on any atom is 0.253 e. The van der Waals surface area contributed by atoms with Crippen LogP contribution in [0.3, 0.4) is 0 Å². The van der Waals surface area contributed by atoms with Gasteiger partial charge in [-0.2, -0.15) is 0 Å². The molecule has 1 N–H and O–H groups in total. The van der Waals surface area contributed by atoms with Crippen LogP contribution in [0.25, 0.3) is 10.9 Å². The number of aryl methyl sites for hydroxylation is 1. The molecule has 0 amide bonds. The van der Waals surface area contributed by atoms with E-state index in [4.69, 9.17) is 11.6 Å². The minimum atomic E-state index is -4.29. The van der Waals surface area contributed by atoms with Crippen LogP contribution in [0.2, 0.25) is 5.02 Å². The highest BCUT2D eigenvalue weighted by Crippen LogP contribution is 2.63. The summed E-state index contributed by atoms with van der Waals surface area (Å²) in [5.41, 5.74) is 1.89. The summed E-state index contributed by atoms with van der Waals surface area (Å²) >= 11 is 6.29. The zero-order valence-corrected chi connectivity index (χ0v) is 24.7. The quantitative estimate of drug-likeness (QED) is 0.339. The van der Waals surface area contributed by atoms with Crippen molar-refractivity contribution in [1.82, 2.24) is 9.88 Å². The first-order valence-corrected chi connectivity index (χ1v) is 15.4. The highest BCUT2D eigenvalue weighted by Gasteiger charge is 2.72. The molecule has 0 radical (unpaired) electrons. The van der Waals surface area contributed by atoms with Crippen LogP contribution in [-0.4, -0.2) is 47.0 Å². The number of phenolic OH excluding ortho intramolecular Hbond substituents is 1. The highest BCUT2D eigenvalue weighted by atomic mass is 35.5. The van der Waals surface area contributed by atoms with E-state index in [0.29, 0.717) is 57.9 Å². The molecule has 1 heterocycles. The Hall–Kier alpha value is -2.68. The predicted molar refractivity (Wildman–Crippen MR) is 156 cm³/mol. The molecule has 2 aliphatic carbocycles. The predicted octanol–water partition coefficient (Wildman–Crippen LogP) is 6.36. The molecule has 2 bridgehead atoms. The topological polar surface area (TPSA) is 90.8 Å². The molecule has 3 aromatic rings. The van der Waals surface area contributed by atoms with Crippen LogP contribution in [-0.2, 0) is 21.4 Å². The Kier molecular flexibility index (Phi) is 6.97. The molecule has 5 rings (SSSR count). The molecule has 39 heavy (non-hydrogen) atoms. The second kappa shape index (κ2) is 9.75. The number of rotatable bonds is 8. The van der Waals surface area contributed by atoms with E-state index in [0.717, 1.165) is 13.1 Å². The number of carbonyl (C=O) groups is 1. The molecule has 1 unspecified atom stereocenters. The Bertz CT molecular complexity index is 1560. The molecule has 2 saturated carbocycles. The van der Waals surface area contributed by atoms with E-state index >= 15 is 8.42 Å². The van der Waals surface area contributed by atoms with Crippen LogP contribution in [0, 0.1) is 18.3 Å². The average molecular weight is 570 g/mol. The number of ketones is 1. The summed E-state index contributed by atoms with van der Waals surface area (Å²) in [6, 6.07) is 11.8. The number of anilines is 2. The Balaban J connectivity index is 1.80. The number of nitrogens with zero attached hydrogens (tertiary/aromatic N) is 3. The SMILES string of the molecule is CCN(CC)Cc1cc(N(c2cc(C)nc3cc(Cl)ccc23)S(=O)(=O)[C@@]23CCC(CC2=O)C3(C)C)ccc1O. The fraction of sp³-hybridized carbons (Fsp3) is 0.467. The number of pyridine rings is 1. The number of hydrogen-bond donors (Lipinski definition) is 1.